The minimum absolute atomic E-state index is 0.0829. The van der Waals surface area contributed by atoms with Crippen LogP contribution in [0.4, 0.5) is 0 Å². The molecule has 0 fully saturated rings. The van der Waals surface area contributed by atoms with Crippen molar-refractivity contribution in [2.45, 2.75) is 26.0 Å². The number of para-hydroxylation sites is 1. The topological polar surface area (TPSA) is 72.1 Å². The van der Waals surface area contributed by atoms with Gasteiger partial charge in [-0.25, -0.2) is 4.98 Å². The molecular weight excluding hydrogens is 304 g/mol. The van der Waals surface area contributed by atoms with Crippen LogP contribution in [0.25, 0.3) is 10.9 Å². The Labute approximate surface area is 140 Å². The summed E-state index contributed by atoms with van der Waals surface area (Å²) in [6, 6.07) is 10.3. The van der Waals surface area contributed by atoms with Gasteiger partial charge in [-0.3, -0.25) is 4.79 Å². The number of nitrogens with one attached hydrogen (secondary N) is 1. The van der Waals surface area contributed by atoms with E-state index in [4.69, 9.17) is 0 Å². The number of aliphatic hydroxyl groups excluding tert-OH is 1. The first-order chi connectivity index (χ1) is 11.6. The van der Waals surface area contributed by atoms with Crippen LogP contribution in [0.5, 0.6) is 0 Å². The average molecular weight is 326 g/mol. The van der Waals surface area contributed by atoms with Crippen molar-refractivity contribution in [1.29, 1.82) is 0 Å². The molecule has 0 aliphatic rings. The number of carbonyl (C=O) groups is 1. The van der Waals surface area contributed by atoms with E-state index in [0.717, 1.165) is 11.2 Å². The monoisotopic (exact) mass is 326 g/mol. The molecule has 1 aromatic carbocycles. The fourth-order valence-electron chi connectivity index (χ4n) is 2.95. The number of imidazole rings is 1. The number of fused-ring (bicyclic) bond motifs is 1. The third-order valence-corrected chi connectivity index (χ3v) is 4.23. The highest BCUT2D eigenvalue weighted by Gasteiger charge is 2.14. The predicted octanol–water partition coefficient (Wildman–Crippen LogP) is 1.92. The highest BCUT2D eigenvalue weighted by Crippen LogP contribution is 2.19. The first-order valence-corrected chi connectivity index (χ1v) is 8.03. The van der Waals surface area contributed by atoms with Crippen molar-refractivity contribution in [3.63, 3.8) is 0 Å². The summed E-state index contributed by atoms with van der Waals surface area (Å²) in [5.74, 6) is 0.461. The molecule has 0 aliphatic carbocycles. The maximum absolute atomic E-state index is 12.1. The number of hydrogen-bond acceptors (Lipinski definition) is 3. The van der Waals surface area contributed by atoms with Gasteiger partial charge in [-0.05, 0) is 24.4 Å². The molecule has 3 rings (SSSR count). The van der Waals surface area contributed by atoms with Gasteiger partial charge in [0.2, 0.25) is 5.91 Å². The highest BCUT2D eigenvalue weighted by molar-refractivity contribution is 5.81. The van der Waals surface area contributed by atoms with Crippen molar-refractivity contribution < 1.29 is 9.90 Å². The second kappa shape index (κ2) is 6.88. The van der Waals surface area contributed by atoms with Gasteiger partial charge in [0.05, 0.1) is 6.54 Å². The molecule has 2 heterocycles. The van der Waals surface area contributed by atoms with Crippen LogP contribution in [0, 0.1) is 6.92 Å². The van der Waals surface area contributed by atoms with Crippen LogP contribution < -0.4 is 5.32 Å². The lowest BCUT2D eigenvalue weighted by molar-refractivity contribution is -0.121. The van der Waals surface area contributed by atoms with Crippen LogP contribution >= 0.6 is 0 Å². The van der Waals surface area contributed by atoms with E-state index in [9.17, 15) is 9.90 Å². The lowest BCUT2D eigenvalue weighted by Gasteiger charge is -2.13. The Morgan fingerprint density at radius 3 is 2.92 bits per heavy atom. The molecule has 0 saturated heterocycles. The van der Waals surface area contributed by atoms with E-state index in [2.05, 4.69) is 33.1 Å². The number of aryl methyl sites for hydroxylation is 3. The fourth-order valence-corrected chi connectivity index (χ4v) is 2.95. The van der Waals surface area contributed by atoms with Gasteiger partial charge < -0.3 is 19.6 Å². The largest absolute Gasteiger partial charge is 0.383 e. The number of nitrogens with zero attached hydrogens (tertiary/aromatic N) is 3. The lowest BCUT2D eigenvalue weighted by atomic mass is 10.2. The normalized spacial score (nSPS) is 12.5. The van der Waals surface area contributed by atoms with Gasteiger partial charge in [0.25, 0.3) is 0 Å². The Kier molecular flexibility index (Phi) is 4.66. The molecule has 6 nitrogen and oxygen atoms in total. The molecule has 6 heteroatoms. The summed E-state index contributed by atoms with van der Waals surface area (Å²) in [6.07, 6.45) is 2.95. The molecule has 0 spiro atoms. The molecule has 2 N–H and O–H groups in total. The number of carbonyl (C=O) groups excluding carboxylic acids is 1. The molecule has 0 unspecified atom stereocenters. The maximum Gasteiger partial charge on any atom is 0.221 e. The average Bonchev–Trinajstić information content (AvgIpc) is 3.13. The van der Waals surface area contributed by atoms with E-state index < -0.39 is 6.10 Å². The SMILES string of the molecule is Cc1cc2ccccc2n1CCC(=O)NC[C@H](O)c1nccn1C. The van der Waals surface area contributed by atoms with E-state index in [1.807, 2.05) is 26.1 Å². The number of benzene rings is 1. The van der Waals surface area contributed by atoms with Crippen molar-refractivity contribution in [3.05, 3.63) is 54.2 Å². The number of aliphatic hydroxyl groups is 1. The second-order valence-electron chi connectivity index (χ2n) is 5.96. The molecule has 0 radical (unpaired) electrons. The van der Waals surface area contributed by atoms with Crippen LogP contribution in [0.15, 0.2) is 42.7 Å². The van der Waals surface area contributed by atoms with E-state index in [1.54, 1.807) is 17.0 Å². The van der Waals surface area contributed by atoms with E-state index in [-0.39, 0.29) is 12.5 Å². The Hall–Kier alpha value is -2.60. The summed E-state index contributed by atoms with van der Waals surface area (Å²) in [5, 5.41) is 14.0. The van der Waals surface area contributed by atoms with Crippen LogP contribution in [-0.2, 0) is 18.4 Å². The Morgan fingerprint density at radius 2 is 2.17 bits per heavy atom. The van der Waals surface area contributed by atoms with Crippen LogP contribution in [0.3, 0.4) is 0 Å². The van der Waals surface area contributed by atoms with Gasteiger partial charge in [0, 0.05) is 43.6 Å². The summed E-state index contributed by atoms with van der Waals surface area (Å²) in [4.78, 5) is 16.2. The van der Waals surface area contributed by atoms with Gasteiger partial charge >= 0.3 is 0 Å². The highest BCUT2D eigenvalue weighted by atomic mass is 16.3. The van der Waals surface area contributed by atoms with Crippen LogP contribution in [0.2, 0.25) is 0 Å². The molecule has 2 aromatic heterocycles. The number of rotatable bonds is 6. The van der Waals surface area contributed by atoms with E-state index in [1.165, 1.54) is 5.39 Å². The zero-order valence-electron chi connectivity index (χ0n) is 13.9. The second-order valence-corrected chi connectivity index (χ2v) is 5.96. The number of amides is 1. The standard InChI is InChI=1S/C18H22N4O2/c1-13-11-14-5-3-4-6-15(14)22(13)9-7-17(24)20-12-16(23)18-19-8-10-21(18)2/h3-6,8,10-11,16,23H,7,9,12H2,1-2H3,(H,20,24)/t16-/m0/s1. The summed E-state index contributed by atoms with van der Waals surface area (Å²) in [5.41, 5.74) is 2.27. The summed E-state index contributed by atoms with van der Waals surface area (Å²) in [7, 11) is 1.81. The van der Waals surface area contributed by atoms with Crippen molar-refractivity contribution >= 4 is 16.8 Å². The van der Waals surface area contributed by atoms with E-state index in [0.29, 0.717) is 18.8 Å². The molecule has 0 saturated carbocycles. The van der Waals surface area contributed by atoms with E-state index >= 15 is 0 Å². The molecular formula is C18H22N4O2. The Balaban J connectivity index is 1.56. The molecule has 126 valence electrons. The summed E-state index contributed by atoms with van der Waals surface area (Å²) < 4.78 is 3.89. The Morgan fingerprint density at radius 1 is 1.38 bits per heavy atom. The minimum atomic E-state index is -0.803. The first kappa shape index (κ1) is 16.3. The van der Waals surface area contributed by atoms with Gasteiger partial charge in [-0.1, -0.05) is 18.2 Å². The molecule has 3 aromatic rings. The van der Waals surface area contributed by atoms with Gasteiger partial charge in [-0.2, -0.15) is 0 Å². The van der Waals surface area contributed by atoms with Crippen LogP contribution in [-0.4, -0.2) is 31.7 Å². The molecule has 0 bridgehead atoms. The number of aromatic nitrogens is 3. The van der Waals surface area contributed by atoms with Gasteiger partial charge in [0.1, 0.15) is 11.9 Å². The third-order valence-electron chi connectivity index (χ3n) is 4.23. The first-order valence-electron chi connectivity index (χ1n) is 8.03. The Bertz CT molecular complexity index is 850. The maximum atomic E-state index is 12.1. The molecule has 1 atom stereocenters. The smallest absolute Gasteiger partial charge is 0.221 e. The van der Waals surface area contributed by atoms with Gasteiger partial charge in [0.15, 0.2) is 0 Å². The third kappa shape index (κ3) is 3.33. The minimum Gasteiger partial charge on any atom is -0.383 e. The summed E-state index contributed by atoms with van der Waals surface area (Å²) >= 11 is 0. The van der Waals surface area contributed by atoms with Crippen molar-refractivity contribution in [1.82, 2.24) is 19.4 Å². The molecule has 1 amide bonds. The van der Waals surface area contributed by atoms with Crippen molar-refractivity contribution in [2.75, 3.05) is 6.54 Å². The fraction of sp³-hybridized carbons (Fsp3) is 0.333. The van der Waals surface area contributed by atoms with Gasteiger partial charge in [-0.15, -0.1) is 0 Å². The quantitative estimate of drug-likeness (QED) is 0.727. The lowest BCUT2D eigenvalue weighted by Crippen LogP contribution is -2.30. The zero-order valence-corrected chi connectivity index (χ0v) is 13.9. The summed E-state index contributed by atoms with van der Waals surface area (Å²) in [6.45, 7) is 2.82. The van der Waals surface area contributed by atoms with Crippen molar-refractivity contribution in [3.8, 4) is 0 Å². The molecule has 0 aliphatic heterocycles. The zero-order chi connectivity index (χ0) is 17.1. The van der Waals surface area contributed by atoms with Crippen molar-refractivity contribution in [2.24, 2.45) is 7.05 Å². The number of hydrogen-bond donors (Lipinski definition) is 2. The van der Waals surface area contributed by atoms with Crippen LogP contribution in [0.1, 0.15) is 24.0 Å². The predicted molar refractivity (Wildman–Crippen MR) is 92.5 cm³/mol. The molecule has 24 heavy (non-hydrogen) atoms.